The summed E-state index contributed by atoms with van der Waals surface area (Å²) in [6.07, 6.45) is -3.43. The fraction of sp³-hybridized carbons (Fsp3) is 0.444. The number of carboxylic acid groups (broad SMARTS) is 3. The van der Waals surface area contributed by atoms with Gasteiger partial charge in [-0.25, -0.2) is 14.6 Å². The molecule has 3 fully saturated rings. The van der Waals surface area contributed by atoms with E-state index in [0.717, 1.165) is 0 Å². The Labute approximate surface area is 222 Å². The minimum absolute atomic E-state index is 0.136. The molecule has 0 saturated carbocycles. The van der Waals surface area contributed by atoms with Crippen LogP contribution in [0.1, 0.15) is 18.5 Å². The topological polar surface area (TPSA) is 265 Å². The molecular formula is C18H16ClN5O12S2. The Kier molecular flexibility index (Phi) is 7.01. The van der Waals surface area contributed by atoms with Crippen molar-refractivity contribution in [2.45, 2.75) is 36.1 Å². The van der Waals surface area contributed by atoms with E-state index < -0.39 is 93.5 Å². The summed E-state index contributed by atoms with van der Waals surface area (Å²) in [5, 5.41) is 31.9. The van der Waals surface area contributed by atoms with E-state index in [0.29, 0.717) is 16.2 Å². The van der Waals surface area contributed by atoms with Crippen LogP contribution in [0.2, 0.25) is 4.34 Å². The van der Waals surface area contributed by atoms with E-state index in [1.54, 1.807) is 0 Å². The fourth-order valence-electron chi connectivity index (χ4n) is 4.20. The highest BCUT2D eigenvalue weighted by atomic mass is 35.5. The molecule has 20 heteroatoms. The summed E-state index contributed by atoms with van der Waals surface area (Å²) in [7, 11) is -1.92. The molecule has 0 radical (unpaired) electrons. The number of thiazole rings is 1. The van der Waals surface area contributed by atoms with Crippen LogP contribution in [0.15, 0.2) is 5.16 Å². The number of amides is 2. The van der Waals surface area contributed by atoms with Gasteiger partial charge in [-0.2, -0.15) is 0 Å². The first-order valence-corrected chi connectivity index (χ1v) is 12.9. The van der Waals surface area contributed by atoms with Crippen molar-refractivity contribution >= 4 is 80.3 Å². The second-order valence-corrected chi connectivity index (χ2v) is 11.3. The summed E-state index contributed by atoms with van der Waals surface area (Å²) in [4.78, 5) is 81.5. The third-order valence-electron chi connectivity index (χ3n) is 5.81. The number of ether oxygens (including phenoxy) is 1. The Hall–Kier alpha value is -3.84. The van der Waals surface area contributed by atoms with Crippen molar-refractivity contribution in [1.29, 1.82) is 0 Å². The van der Waals surface area contributed by atoms with Gasteiger partial charge in [0.05, 0.1) is 18.8 Å². The lowest BCUT2D eigenvalue weighted by Crippen LogP contribution is -2.83. The number of esters is 1. The van der Waals surface area contributed by atoms with Gasteiger partial charge in [-0.05, 0) is 0 Å². The van der Waals surface area contributed by atoms with Crippen molar-refractivity contribution in [3.05, 3.63) is 10.0 Å². The summed E-state index contributed by atoms with van der Waals surface area (Å²) in [6.45, 7) is 0. The third-order valence-corrected chi connectivity index (χ3v) is 8.65. The summed E-state index contributed by atoms with van der Waals surface area (Å²) in [5.41, 5.74) is 2.00. The molecule has 2 amide bonds. The summed E-state index contributed by atoms with van der Waals surface area (Å²) in [6, 6.07) is -1.57. The Morgan fingerprint density at radius 3 is 2.58 bits per heavy atom. The maximum atomic E-state index is 13.1. The SMILES string of the molecule is Nc1nc(/C(=N/O[C@H](CC(=O)O)C(=O)O)C(=O)N[C@@H]2C(=O)N3[C@@H]2[S@@](=O)C[C@@H]2CC(=O)O[C@@]23C(=O)O)c(Cl)s1. The maximum absolute atomic E-state index is 13.1. The van der Waals surface area contributed by atoms with Crippen LogP contribution in [0, 0.1) is 5.92 Å². The number of nitrogens with one attached hydrogen (secondary N) is 1. The van der Waals surface area contributed by atoms with Crippen molar-refractivity contribution in [2.75, 3.05) is 11.5 Å². The maximum Gasteiger partial charge on any atom is 0.370 e. The highest BCUT2D eigenvalue weighted by Crippen LogP contribution is 2.47. The number of fused-ring (bicyclic) bond motifs is 3. The summed E-state index contributed by atoms with van der Waals surface area (Å²) in [5.74, 6) is -9.48. The number of nitrogens with zero attached hydrogens (tertiary/aromatic N) is 3. The number of carbonyl (C=O) groups excluding carboxylic acids is 3. The molecule has 38 heavy (non-hydrogen) atoms. The first-order chi connectivity index (χ1) is 17.8. The number of nitrogen functional groups attached to an aromatic ring is 1. The van der Waals surface area contributed by atoms with E-state index in [4.69, 9.17) is 37.1 Å². The minimum atomic E-state index is -2.38. The number of hydrogen-bond donors (Lipinski definition) is 5. The normalized spacial score (nSPS) is 28.9. The van der Waals surface area contributed by atoms with Crippen molar-refractivity contribution in [2.24, 2.45) is 11.1 Å². The summed E-state index contributed by atoms with van der Waals surface area (Å²) >= 11 is 6.74. The monoisotopic (exact) mass is 593 g/mol. The van der Waals surface area contributed by atoms with E-state index in [1.807, 2.05) is 0 Å². The molecule has 0 aromatic carbocycles. The molecule has 6 N–H and O–H groups in total. The van der Waals surface area contributed by atoms with Gasteiger partial charge in [-0.15, -0.1) is 0 Å². The predicted octanol–water partition coefficient (Wildman–Crippen LogP) is -2.21. The van der Waals surface area contributed by atoms with Crippen LogP contribution < -0.4 is 11.1 Å². The van der Waals surface area contributed by atoms with Crippen LogP contribution >= 0.6 is 22.9 Å². The second-order valence-electron chi connectivity index (χ2n) is 8.12. The highest BCUT2D eigenvalue weighted by molar-refractivity contribution is 7.85. The number of oxime groups is 1. The van der Waals surface area contributed by atoms with Gasteiger partial charge in [-0.1, -0.05) is 28.1 Å². The molecule has 1 aromatic rings. The average Bonchev–Trinajstić information content (AvgIpc) is 3.32. The number of halogens is 1. The zero-order valence-electron chi connectivity index (χ0n) is 18.6. The van der Waals surface area contributed by atoms with Crippen LogP contribution in [-0.2, 0) is 49.1 Å². The van der Waals surface area contributed by atoms with Gasteiger partial charge >= 0.3 is 23.9 Å². The molecule has 6 atom stereocenters. The number of nitrogens with two attached hydrogens (primary N) is 1. The molecule has 0 spiro atoms. The number of hydrogen-bond acceptors (Lipinski definition) is 13. The van der Waals surface area contributed by atoms with Crippen LogP contribution in [-0.4, -0.2) is 99.8 Å². The molecular weight excluding hydrogens is 578 g/mol. The largest absolute Gasteiger partial charge is 0.481 e. The van der Waals surface area contributed by atoms with E-state index >= 15 is 0 Å². The van der Waals surface area contributed by atoms with Gasteiger partial charge in [0.2, 0.25) is 6.10 Å². The molecule has 204 valence electrons. The number of carbonyl (C=O) groups is 6. The number of β-lactam (4-membered cyclic amide) rings is 1. The van der Waals surface area contributed by atoms with Gasteiger partial charge in [0.15, 0.2) is 10.8 Å². The van der Waals surface area contributed by atoms with Gasteiger partial charge in [0.1, 0.15) is 21.4 Å². The van der Waals surface area contributed by atoms with Crippen LogP contribution in [0.4, 0.5) is 5.13 Å². The molecule has 3 saturated heterocycles. The first kappa shape index (κ1) is 27.2. The Bertz CT molecular complexity index is 1330. The van der Waals surface area contributed by atoms with Crippen molar-refractivity contribution in [1.82, 2.24) is 15.2 Å². The van der Waals surface area contributed by atoms with Crippen molar-refractivity contribution in [3.63, 3.8) is 0 Å². The number of carboxylic acids is 3. The molecule has 0 unspecified atom stereocenters. The lowest BCUT2D eigenvalue weighted by molar-refractivity contribution is -0.216. The van der Waals surface area contributed by atoms with Crippen LogP contribution in [0.3, 0.4) is 0 Å². The first-order valence-electron chi connectivity index (χ1n) is 10.3. The highest BCUT2D eigenvalue weighted by Gasteiger charge is 2.73. The van der Waals surface area contributed by atoms with E-state index in [1.165, 1.54) is 0 Å². The van der Waals surface area contributed by atoms with Crippen LogP contribution in [0.5, 0.6) is 0 Å². The Morgan fingerprint density at radius 1 is 1.34 bits per heavy atom. The quantitative estimate of drug-likeness (QED) is 0.0879. The van der Waals surface area contributed by atoms with Gasteiger partial charge in [-0.3, -0.25) is 28.3 Å². The number of aromatic nitrogens is 1. The molecule has 3 aliphatic heterocycles. The fourth-order valence-corrected chi connectivity index (χ4v) is 7.05. The molecule has 0 bridgehead atoms. The smallest absolute Gasteiger partial charge is 0.370 e. The zero-order valence-corrected chi connectivity index (χ0v) is 20.9. The Morgan fingerprint density at radius 2 is 2.03 bits per heavy atom. The summed E-state index contributed by atoms with van der Waals surface area (Å²) < 4.78 is 17.7. The van der Waals surface area contributed by atoms with Gasteiger partial charge in [0, 0.05) is 16.6 Å². The lowest BCUT2D eigenvalue weighted by atomic mass is 9.89. The Balaban J connectivity index is 1.63. The molecule has 4 rings (SSSR count). The van der Waals surface area contributed by atoms with E-state index in [2.05, 4.69) is 15.5 Å². The minimum Gasteiger partial charge on any atom is -0.481 e. The molecule has 4 heterocycles. The standard InChI is InChI=1S/C18H16ClN5O12S2/c19-11-8(22-17(20)37-11)9(23-36-5(15(30)31)2-6(25)26)12(28)21-10-13(29)24-14(10)38(34)3-4-1-7(27)35-18(4,24)16(32)33/h4-5,10,14H,1-3H2,(H2,20,22)(H,21,28)(H,25,26)(H,30,31)(H,32,33)/b23-9-/t4-,5+,10+,14+,18+,38-/m0/s1. The van der Waals surface area contributed by atoms with Gasteiger partial charge < -0.3 is 35.9 Å². The molecule has 1 aromatic heterocycles. The predicted molar refractivity (Wildman–Crippen MR) is 123 cm³/mol. The van der Waals surface area contributed by atoms with E-state index in [-0.39, 0.29) is 21.6 Å². The van der Waals surface area contributed by atoms with Crippen molar-refractivity contribution in [3.8, 4) is 0 Å². The average molecular weight is 594 g/mol. The molecule has 3 aliphatic rings. The zero-order chi connectivity index (χ0) is 28.1. The van der Waals surface area contributed by atoms with Gasteiger partial charge in [0.25, 0.3) is 17.5 Å². The van der Waals surface area contributed by atoms with Crippen LogP contribution in [0.25, 0.3) is 0 Å². The number of aliphatic carboxylic acids is 3. The van der Waals surface area contributed by atoms with E-state index in [9.17, 15) is 38.1 Å². The van der Waals surface area contributed by atoms with Crippen molar-refractivity contribution < 1.29 is 57.9 Å². The molecule has 17 nitrogen and oxygen atoms in total. The number of anilines is 1. The number of rotatable bonds is 9. The second kappa shape index (κ2) is 9.80. The third kappa shape index (κ3) is 4.41. The lowest BCUT2D eigenvalue weighted by Gasteiger charge is -2.56. The molecule has 0 aliphatic carbocycles.